The van der Waals surface area contributed by atoms with Crippen molar-refractivity contribution in [3.63, 3.8) is 0 Å². The lowest BCUT2D eigenvalue weighted by Crippen LogP contribution is -2.44. The first-order chi connectivity index (χ1) is 9.90. The van der Waals surface area contributed by atoms with Gasteiger partial charge in [0.1, 0.15) is 6.04 Å². The third-order valence-corrected chi connectivity index (χ3v) is 4.35. The van der Waals surface area contributed by atoms with Gasteiger partial charge in [-0.05, 0) is 43.9 Å². The number of carboxylic acids is 1. The number of hydrogen-bond donors (Lipinski definition) is 1. The standard InChI is InChI=1S/C15H17Cl2NO3/c1-9(15(20)21)18(11-4-5-11)14(19)7-3-10-2-6-12(16)13(17)8-10/h2,6,8-9,11H,3-5,7H2,1H3,(H,20,21). The first kappa shape index (κ1) is 16.1. The van der Waals surface area contributed by atoms with Crippen LogP contribution < -0.4 is 0 Å². The Morgan fingerprint density at radius 1 is 1.33 bits per heavy atom. The number of carbonyl (C=O) groups is 2. The van der Waals surface area contributed by atoms with Crippen molar-refractivity contribution >= 4 is 35.1 Å². The monoisotopic (exact) mass is 329 g/mol. The molecular formula is C15H17Cl2NO3. The van der Waals surface area contributed by atoms with Gasteiger partial charge in [0.2, 0.25) is 5.91 Å². The summed E-state index contributed by atoms with van der Waals surface area (Å²) >= 11 is 11.8. The maximum Gasteiger partial charge on any atom is 0.326 e. The molecule has 0 spiro atoms. The predicted molar refractivity (Wildman–Crippen MR) is 81.7 cm³/mol. The van der Waals surface area contributed by atoms with Crippen LogP contribution in [0, 0.1) is 0 Å². The van der Waals surface area contributed by atoms with Crippen LogP contribution in [0.1, 0.15) is 31.7 Å². The molecular weight excluding hydrogens is 313 g/mol. The van der Waals surface area contributed by atoms with Crippen molar-refractivity contribution in [2.45, 2.75) is 44.7 Å². The molecule has 4 nitrogen and oxygen atoms in total. The van der Waals surface area contributed by atoms with Crippen LogP contribution in [0.4, 0.5) is 0 Å². The van der Waals surface area contributed by atoms with Crippen molar-refractivity contribution < 1.29 is 14.7 Å². The van der Waals surface area contributed by atoms with E-state index in [4.69, 9.17) is 28.3 Å². The molecule has 114 valence electrons. The fourth-order valence-corrected chi connectivity index (χ4v) is 2.60. The molecule has 2 rings (SSSR count). The Morgan fingerprint density at radius 3 is 2.52 bits per heavy atom. The summed E-state index contributed by atoms with van der Waals surface area (Å²) in [4.78, 5) is 24.9. The number of aryl methyl sites for hydroxylation is 1. The van der Waals surface area contributed by atoms with E-state index in [1.807, 2.05) is 6.07 Å². The second kappa shape index (κ2) is 6.67. The molecule has 21 heavy (non-hydrogen) atoms. The number of rotatable bonds is 6. The topological polar surface area (TPSA) is 57.6 Å². The number of hydrogen-bond acceptors (Lipinski definition) is 2. The summed E-state index contributed by atoms with van der Waals surface area (Å²) in [5.74, 6) is -1.09. The Balaban J connectivity index is 1.99. The molecule has 0 radical (unpaired) electrons. The maximum absolute atomic E-state index is 12.3. The lowest BCUT2D eigenvalue weighted by Gasteiger charge is -2.26. The van der Waals surface area contributed by atoms with Gasteiger partial charge >= 0.3 is 5.97 Å². The minimum atomic E-state index is -0.968. The summed E-state index contributed by atoms with van der Waals surface area (Å²) in [6.45, 7) is 1.55. The van der Waals surface area contributed by atoms with Crippen molar-refractivity contribution in [1.29, 1.82) is 0 Å². The first-order valence-electron chi connectivity index (χ1n) is 6.88. The summed E-state index contributed by atoms with van der Waals surface area (Å²) in [6, 6.07) is 4.56. The van der Waals surface area contributed by atoms with Crippen LogP contribution in [-0.2, 0) is 16.0 Å². The Hall–Kier alpha value is -1.26. The molecule has 1 fully saturated rings. The van der Waals surface area contributed by atoms with Gasteiger partial charge in [0.25, 0.3) is 0 Å². The van der Waals surface area contributed by atoms with Crippen LogP contribution in [-0.4, -0.2) is 34.0 Å². The lowest BCUT2D eigenvalue weighted by molar-refractivity contribution is -0.150. The van der Waals surface area contributed by atoms with Crippen LogP contribution in [0.15, 0.2) is 18.2 Å². The van der Waals surface area contributed by atoms with Crippen LogP contribution >= 0.6 is 23.2 Å². The molecule has 0 bridgehead atoms. The van der Waals surface area contributed by atoms with E-state index < -0.39 is 12.0 Å². The minimum Gasteiger partial charge on any atom is -0.480 e. The van der Waals surface area contributed by atoms with E-state index >= 15 is 0 Å². The molecule has 6 heteroatoms. The molecule has 1 atom stereocenters. The third-order valence-electron chi connectivity index (χ3n) is 3.61. The Labute approximate surface area is 133 Å². The molecule has 1 aliphatic carbocycles. The number of halogens is 2. The quantitative estimate of drug-likeness (QED) is 0.870. The zero-order chi connectivity index (χ0) is 15.6. The second-order valence-corrected chi connectivity index (χ2v) is 6.11. The van der Waals surface area contributed by atoms with Crippen LogP contribution in [0.5, 0.6) is 0 Å². The fraction of sp³-hybridized carbons (Fsp3) is 0.467. The van der Waals surface area contributed by atoms with Crippen molar-refractivity contribution in [3.05, 3.63) is 33.8 Å². The molecule has 0 heterocycles. The van der Waals surface area contributed by atoms with Gasteiger partial charge in [0, 0.05) is 12.5 Å². The highest BCUT2D eigenvalue weighted by atomic mass is 35.5. The molecule has 0 saturated heterocycles. The Kier molecular flexibility index (Phi) is 5.12. The fourth-order valence-electron chi connectivity index (χ4n) is 2.28. The zero-order valence-corrected chi connectivity index (χ0v) is 13.2. The highest BCUT2D eigenvalue weighted by molar-refractivity contribution is 6.42. The molecule has 1 amide bonds. The van der Waals surface area contributed by atoms with E-state index in [-0.39, 0.29) is 18.4 Å². The van der Waals surface area contributed by atoms with E-state index in [1.54, 1.807) is 19.1 Å². The highest BCUT2D eigenvalue weighted by Gasteiger charge is 2.37. The summed E-state index contributed by atoms with van der Waals surface area (Å²) in [6.07, 6.45) is 2.56. The molecule has 1 unspecified atom stereocenters. The Morgan fingerprint density at radius 2 is 2.00 bits per heavy atom. The van der Waals surface area contributed by atoms with Gasteiger partial charge in [0.15, 0.2) is 0 Å². The molecule has 0 aliphatic heterocycles. The smallest absolute Gasteiger partial charge is 0.326 e. The van der Waals surface area contributed by atoms with Crippen LogP contribution in [0.3, 0.4) is 0 Å². The largest absolute Gasteiger partial charge is 0.480 e. The zero-order valence-electron chi connectivity index (χ0n) is 11.7. The summed E-state index contributed by atoms with van der Waals surface area (Å²) in [5.41, 5.74) is 0.913. The van der Waals surface area contributed by atoms with Gasteiger partial charge in [0.05, 0.1) is 10.0 Å². The number of carbonyl (C=O) groups excluding carboxylic acids is 1. The van der Waals surface area contributed by atoms with Crippen molar-refractivity contribution in [2.75, 3.05) is 0 Å². The third kappa shape index (κ3) is 4.11. The highest BCUT2D eigenvalue weighted by Crippen LogP contribution is 2.30. The second-order valence-electron chi connectivity index (χ2n) is 5.29. The van der Waals surface area contributed by atoms with E-state index in [9.17, 15) is 9.59 Å². The molecule has 1 aromatic rings. The van der Waals surface area contributed by atoms with Crippen molar-refractivity contribution in [1.82, 2.24) is 4.90 Å². The molecule has 1 saturated carbocycles. The maximum atomic E-state index is 12.3. The summed E-state index contributed by atoms with van der Waals surface area (Å²) < 4.78 is 0. The van der Waals surface area contributed by atoms with Gasteiger partial charge in [-0.15, -0.1) is 0 Å². The van der Waals surface area contributed by atoms with Crippen molar-refractivity contribution in [3.8, 4) is 0 Å². The van der Waals surface area contributed by atoms with Crippen LogP contribution in [0.25, 0.3) is 0 Å². The van der Waals surface area contributed by atoms with Gasteiger partial charge in [-0.3, -0.25) is 4.79 Å². The van der Waals surface area contributed by atoms with E-state index in [0.29, 0.717) is 16.5 Å². The normalized spacial score (nSPS) is 15.6. The molecule has 1 aromatic carbocycles. The molecule has 0 aromatic heterocycles. The average molecular weight is 330 g/mol. The van der Waals surface area contributed by atoms with Crippen LogP contribution in [0.2, 0.25) is 10.0 Å². The summed E-state index contributed by atoms with van der Waals surface area (Å²) in [5, 5.41) is 10.0. The SMILES string of the molecule is CC(C(=O)O)N(C(=O)CCc1ccc(Cl)c(Cl)c1)C1CC1. The van der Waals surface area contributed by atoms with E-state index in [1.165, 1.54) is 4.90 Å². The van der Waals surface area contributed by atoms with Gasteiger partial charge in [-0.25, -0.2) is 4.79 Å². The number of nitrogens with zero attached hydrogens (tertiary/aromatic N) is 1. The Bertz CT molecular complexity index is 558. The van der Waals surface area contributed by atoms with Crippen molar-refractivity contribution in [2.24, 2.45) is 0 Å². The van der Waals surface area contributed by atoms with Gasteiger partial charge in [-0.1, -0.05) is 29.3 Å². The number of amides is 1. The van der Waals surface area contributed by atoms with E-state index in [0.717, 1.165) is 18.4 Å². The first-order valence-corrected chi connectivity index (χ1v) is 7.63. The average Bonchev–Trinajstić information content (AvgIpc) is 3.24. The summed E-state index contributed by atoms with van der Waals surface area (Å²) in [7, 11) is 0. The number of benzene rings is 1. The molecule has 1 aliphatic rings. The van der Waals surface area contributed by atoms with E-state index in [2.05, 4.69) is 0 Å². The van der Waals surface area contributed by atoms with Gasteiger partial charge < -0.3 is 10.0 Å². The number of carboxylic acid groups (broad SMARTS) is 1. The lowest BCUT2D eigenvalue weighted by atomic mass is 10.1. The predicted octanol–water partition coefficient (Wildman–Crippen LogP) is 3.39. The molecule has 1 N–H and O–H groups in total. The minimum absolute atomic E-state index is 0.0809. The van der Waals surface area contributed by atoms with Gasteiger partial charge in [-0.2, -0.15) is 0 Å². The number of aliphatic carboxylic acids is 1.